The van der Waals surface area contributed by atoms with Gasteiger partial charge in [-0.25, -0.2) is 0 Å². The van der Waals surface area contributed by atoms with Crippen LogP contribution >= 0.6 is 0 Å². The zero-order valence-electron chi connectivity index (χ0n) is 10.8. The zero-order chi connectivity index (χ0) is 13.0. The van der Waals surface area contributed by atoms with Crippen molar-refractivity contribution in [1.82, 2.24) is 4.90 Å². The summed E-state index contributed by atoms with van der Waals surface area (Å²) in [6.07, 6.45) is -0.460. The Balaban J connectivity index is 2.70. The maximum absolute atomic E-state index is 11.5. The predicted octanol–water partition coefficient (Wildman–Crippen LogP) is 1.26. The molecule has 94 valence electrons. The molecule has 17 heavy (non-hydrogen) atoms. The van der Waals surface area contributed by atoms with Gasteiger partial charge in [0.15, 0.2) is 0 Å². The van der Waals surface area contributed by atoms with E-state index in [0.29, 0.717) is 6.54 Å². The Bertz CT molecular complexity index is 372. The lowest BCUT2D eigenvalue weighted by Gasteiger charge is -2.21. The second-order valence-corrected chi connectivity index (χ2v) is 4.41. The topological polar surface area (TPSA) is 43.8 Å². The van der Waals surface area contributed by atoms with Crippen LogP contribution in [-0.4, -0.2) is 43.6 Å². The van der Waals surface area contributed by atoms with Crippen LogP contribution in [0, 0.1) is 0 Å². The van der Waals surface area contributed by atoms with Gasteiger partial charge < -0.3 is 14.9 Å². The number of hydrogen-bond donors (Lipinski definition) is 1. The average Bonchev–Trinajstić information content (AvgIpc) is 2.28. The van der Waals surface area contributed by atoms with E-state index in [4.69, 9.17) is 0 Å². The molecule has 1 aromatic rings. The quantitative estimate of drug-likeness (QED) is 0.856. The van der Waals surface area contributed by atoms with Gasteiger partial charge in [0, 0.05) is 26.8 Å². The van der Waals surface area contributed by atoms with E-state index in [1.54, 1.807) is 25.9 Å². The highest BCUT2D eigenvalue weighted by Crippen LogP contribution is 2.17. The Morgan fingerprint density at radius 3 is 2.18 bits per heavy atom. The summed E-state index contributed by atoms with van der Waals surface area (Å²) in [5.41, 5.74) is 1.84. The fraction of sp³-hybridized carbons (Fsp3) is 0.462. The minimum absolute atomic E-state index is 0.0621. The van der Waals surface area contributed by atoms with Gasteiger partial charge in [-0.15, -0.1) is 0 Å². The van der Waals surface area contributed by atoms with Gasteiger partial charge in [-0.05, 0) is 24.6 Å². The summed E-state index contributed by atoms with van der Waals surface area (Å²) in [4.78, 5) is 15.0. The molecule has 0 bridgehead atoms. The zero-order valence-corrected chi connectivity index (χ0v) is 10.8. The first-order valence-corrected chi connectivity index (χ1v) is 5.61. The van der Waals surface area contributed by atoms with E-state index in [1.807, 2.05) is 36.2 Å². The first-order valence-electron chi connectivity index (χ1n) is 5.61. The van der Waals surface area contributed by atoms with Gasteiger partial charge in [0.1, 0.15) is 0 Å². The molecule has 0 saturated carbocycles. The van der Waals surface area contributed by atoms with Crippen molar-refractivity contribution in [3.05, 3.63) is 29.8 Å². The average molecular weight is 236 g/mol. The van der Waals surface area contributed by atoms with Crippen LogP contribution in [0.15, 0.2) is 24.3 Å². The Morgan fingerprint density at radius 2 is 1.76 bits per heavy atom. The van der Waals surface area contributed by atoms with Gasteiger partial charge in [0.05, 0.1) is 12.6 Å². The molecule has 4 heteroatoms. The Kier molecular flexibility index (Phi) is 4.52. The number of benzene rings is 1. The van der Waals surface area contributed by atoms with E-state index in [9.17, 15) is 9.90 Å². The summed E-state index contributed by atoms with van der Waals surface area (Å²) in [6.45, 7) is 2.08. The Morgan fingerprint density at radius 1 is 1.24 bits per heavy atom. The maximum atomic E-state index is 11.5. The standard InChI is InChI=1S/C13H20N2O2/c1-10(16)11-5-7-12(8-6-11)15(4)9-13(17)14(2)3/h5-8,10,16H,9H2,1-4H3. The van der Waals surface area contributed by atoms with Crippen molar-refractivity contribution in [2.75, 3.05) is 32.6 Å². The van der Waals surface area contributed by atoms with Crippen LogP contribution in [0.3, 0.4) is 0 Å². The smallest absolute Gasteiger partial charge is 0.241 e. The van der Waals surface area contributed by atoms with Crippen LogP contribution < -0.4 is 4.90 Å². The lowest BCUT2D eigenvalue weighted by Crippen LogP contribution is -2.34. The van der Waals surface area contributed by atoms with E-state index < -0.39 is 6.10 Å². The van der Waals surface area contributed by atoms with Crippen LogP contribution in [0.5, 0.6) is 0 Å². The number of hydrogen-bond acceptors (Lipinski definition) is 3. The molecule has 0 aliphatic heterocycles. The molecule has 4 nitrogen and oxygen atoms in total. The number of aliphatic hydroxyl groups is 1. The summed E-state index contributed by atoms with van der Waals surface area (Å²) >= 11 is 0. The van der Waals surface area contributed by atoms with Crippen molar-refractivity contribution in [3.8, 4) is 0 Å². The summed E-state index contributed by atoms with van der Waals surface area (Å²) < 4.78 is 0. The molecule has 0 aliphatic rings. The predicted molar refractivity (Wildman–Crippen MR) is 69.0 cm³/mol. The summed E-state index contributed by atoms with van der Waals surface area (Å²) in [5, 5.41) is 9.40. The largest absolute Gasteiger partial charge is 0.389 e. The molecule has 0 radical (unpaired) electrons. The normalized spacial score (nSPS) is 12.1. The first-order chi connectivity index (χ1) is 7.91. The molecule has 0 saturated heterocycles. The highest BCUT2D eigenvalue weighted by Gasteiger charge is 2.09. The van der Waals surface area contributed by atoms with Crippen LogP contribution in [0.4, 0.5) is 5.69 Å². The number of carbonyl (C=O) groups excluding carboxylic acids is 1. The van der Waals surface area contributed by atoms with Gasteiger partial charge in [0.25, 0.3) is 0 Å². The number of rotatable bonds is 4. The summed E-state index contributed by atoms with van der Waals surface area (Å²) in [7, 11) is 5.36. The molecule has 1 atom stereocenters. The van der Waals surface area contributed by atoms with Crippen molar-refractivity contribution in [2.45, 2.75) is 13.0 Å². The maximum Gasteiger partial charge on any atom is 0.241 e. The third kappa shape index (κ3) is 3.75. The van der Waals surface area contributed by atoms with Gasteiger partial charge in [-0.1, -0.05) is 12.1 Å². The fourth-order valence-electron chi connectivity index (χ4n) is 1.44. The van der Waals surface area contributed by atoms with Crippen LogP contribution in [0.1, 0.15) is 18.6 Å². The minimum Gasteiger partial charge on any atom is -0.389 e. The molecular formula is C13H20N2O2. The molecule has 1 N–H and O–H groups in total. The second-order valence-electron chi connectivity index (χ2n) is 4.41. The van der Waals surface area contributed by atoms with Crippen LogP contribution in [0.25, 0.3) is 0 Å². The molecule has 1 rings (SSSR count). The molecule has 0 heterocycles. The minimum atomic E-state index is -0.460. The number of anilines is 1. The highest BCUT2D eigenvalue weighted by molar-refractivity contribution is 5.80. The Hall–Kier alpha value is -1.55. The van der Waals surface area contributed by atoms with E-state index in [-0.39, 0.29) is 5.91 Å². The lowest BCUT2D eigenvalue weighted by molar-refractivity contribution is -0.127. The third-order valence-electron chi connectivity index (χ3n) is 2.69. The third-order valence-corrected chi connectivity index (χ3v) is 2.69. The summed E-state index contributed by atoms with van der Waals surface area (Å²) in [5.74, 6) is 0.0621. The number of carbonyl (C=O) groups is 1. The molecule has 0 spiro atoms. The van der Waals surface area contributed by atoms with Crippen molar-refractivity contribution in [1.29, 1.82) is 0 Å². The van der Waals surface area contributed by atoms with E-state index in [0.717, 1.165) is 11.3 Å². The van der Waals surface area contributed by atoms with Gasteiger partial charge in [-0.3, -0.25) is 4.79 Å². The molecule has 1 amide bonds. The molecular weight excluding hydrogens is 216 g/mol. The van der Waals surface area contributed by atoms with E-state index in [1.165, 1.54) is 0 Å². The number of nitrogens with zero attached hydrogens (tertiary/aromatic N) is 2. The van der Waals surface area contributed by atoms with Crippen LogP contribution in [-0.2, 0) is 4.79 Å². The second kappa shape index (κ2) is 5.68. The fourth-order valence-corrected chi connectivity index (χ4v) is 1.44. The summed E-state index contributed by atoms with van der Waals surface area (Å²) in [6, 6.07) is 7.56. The van der Waals surface area contributed by atoms with Gasteiger partial charge >= 0.3 is 0 Å². The highest BCUT2D eigenvalue weighted by atomic mass is 16.3. The number of likely N-dealkylation sites (N-methyl/N-ethyl adjacent to an activating group) is 2. The SMILES string of the molecule is CC(O)c1ccc(N(C)CC(=O)N(C)C)cc1. The van der Waals surface area contributed by atoms with E-state index >= 15 is 0 Å². The molecule has 1 unspecified atom stereocenters. The van der Waals surface area contributed by atoms with Crippen molar-refractivity contribution < 1.29 is 9.90 Å². The monoisotopic (exact) mass is 236 g/mol. The first kappa shape index (κ1) is 13.5. The van der Waals surface area contributed by atoms with E-state index in [2.05, 4.69) is 0 Å². The van der Waals surface area contributed by atoms with Gasteiger partial charge in [0.2, 0.25) is 5.91 Å². The molecule has 0 aromatic heterocycles. The van der Waals surface area contributed by atoms with Crippen molar-refractivity contribution in [3.63, 3.8) is 0 Å². The molecule has 0 fully saturated rings. The van der Waals surface area contributed by atoms with Crippen LogP contribution in [0.2, 0.25) is 0 Å². The van der Waals surface area contributed by atoms with Crippen molar-refractivity contribution >= 4 is 11.6 Å². The Labute approximate surface area is 102 Å². The van der Waals surface area contributed by atoms with Gasteiger partial charge in [-0.2, -0.15) is 0 Å². The number of amides is 1. The number of aliphatic hydroxyl groups excluding tert-OH is 1. The molecule has 0 aliphatic carbocycles. The molecule has 1 aromatic carbocycles. The lowest BCUT2D eigenvalue weighted by atomic mass is 10.1. The van der Waals surface area contributed by atoms with Crippen molar-refractivity contribution in [2.24, 2.45) is 0 Å².